The van der Waals surface area contributed by atoms with E-state index in [4.69, 9.17) is 18.6 Å². The van der Waals surface area contributed by atoms with Crippen LogP contribution in [-0.2, 0) is 0 Å². The van der Waals surface area contributed by atoms with Crippen molar-refractivity contribution in [3.63, 3.8) is 0 Å². The Balaban J connectivity index is 1.80. The minimum Gasteiger partial charge on any atom is -0.496 e. The van der Waals surface area contributed by atoms with Gasteiger partial charge in [-0.05, 0) is 12.1 Å². The highest BCUT2D eigenvalue weighted by molar-refractivity contribution is 5.97. The summed E-state index contributed by atoms with van der Waals surface area (Å²) in [6.07, 6.45) is 1.44. The van der Waals surface area contributed by atoms with Crippen LogP contribution in [0.15, 0.2) is 52.0 Å². The van der Waals surface area contributed by atoms with Crippen molar-refractivity contribution in [1.29, 1.82) is 0 Å². The summed E-state index contributed by atoms with van der Waals surface area (Å²) >= 11 is 0. The lowest BCUT2D eigenvalue weighted by molar-refractivity contribution is 0.0929. The molecule has 0 fully saturated rings. The molecule has 7 heteroatoms. The molecule has 0 atom stereocenters. The quantitative estimate of drug-likeness (QED) is 0.543. The molecule has 2 aromatic carbocycles. The number of nitrogens with one attached hydrogen (secondary N) is 1. The standard InChI is InChI=1S/C19H18N2O5/c1-23-13-9-16(24-2)14(17(10-13)25-3)11-20-21-19(22)18-8-12-6-4-5-7-15(12)26-18/h4-11H,1-3H3,(H,21,22). The summed E-state index contributed by atoms with van der Waals surface area (Å²) in [7, 11) is 4.60. The molecule has 0 aliphatic rings. The summed E-state index contributed by atoms with van der Waals surface area (Å²) in [4.78, 5) is 12.2. The fourth-order valence-corrected chi connectivity index (χ4v) is 2.46. The third-order valence-corrected chi connectivity index (χ3v) is 3.76. The predicted molar refractivity (Wildman–Crippen MR) is 97.4 cm³/mol. The summed E-state index contributed by atoms with van der Waals surface area (Å²) in [5.74, 6) is 1.31. The minimum absolute atomic E-state index is 0.178. The Morgan fingerprint density at radius 2 is 1.73 bits per heavy atom. The first-order chi connectivity index (χ1) is 12.7. The number of nitrogens with zero attached hydrogens (tertiary/aromatic N) is 1. The second-order valence-corrected chi connectivity index (χ2v) is 5.29. The van der Waals surface area contributed by atoms with Gasteiger partial charge in [-0.3, -0.25) is 4.79 Å². The van der Waals surface area contributed by atoms with E-state index in [2.05, 4.69) is 10.5 Å². The molecule has 0 aliphatic heterocycles. The van der Waals surface area contributed by atoms with Gasteiger partial charge in [0.1, 0.15) is 22.8 Å². The molecule has 0 spiro atoms. The highest BCUT2D eigenvalue weighted by atomic mass is 16.5. The van der Waals surface area contributed by atoms with Crippen molar-refractivity contribution in [3.05, 3.63) is 53.8 Å². The van der Waals surface area contributed by atoms with E-state index < -0.39 is 5.91 Å². The smallest absolute Gasteiger partial charge is 0.307 e. The van der Waals surface area contributed by atoms with Crippen LogP contribution in [0.4, 0.5) is 0 Å². The monoisotopic (exact) mass is 354 g/mol. The molecule has 26 heavy (non-hydrogen) atoms. The van der Waals surface area contributed by atoms with E-state index in [9.17, 15) is 4.79 Å². The molecular formula is C19H18N2O5. The van der Waals surface area contributed by atoms with Crippen molar-refractivity contribution in [1.82, 2.24) is 5.43 Å². The predicted octanol–water partition coefficient (Wildman–Crippen LogP) is 3.22. The fourth-order valence-electron chi connectivity index (χ4n) is 2.46. The van der Waals surface area contributed by atoms with Gasteiger partial charge in [-0.1, -0.05) is 18.2 Å². The number of amides is 1. The Morgan fingerprint density at radius 1 is 1.04 bits per heavy atom. The van der Waals surface area contributed by atoms with E-state index in [-0.39, 0.29) is 5.76 Å². The normalized spacial score (nSPS) is 10.9. The van der Waals surface area contributed by atoms with E-state index in [0.29, 0.717) is 28.4 Å². The summed E-state index contributed by atoms with van der Waals surface area (Å²) in [6.45, 7) is 0. The molecule has 1 aromatic heterocycles. The number of rotatable bonds is 6. The lowest BCUT2D eigenvalue weighted by atomic mass is 10.2. The summed E-state index contributed by atoms with van der Waals surface area (Å²) in [5, 5.41) is 4.82. The van der Waals surface area contributed by atoms with E-state index in [1.165, 1.54) is 20.4 Å². The van der Waals surface area contributed by atoms with E-state index in [1.807, 2.05) is 18.2 Å². The number of furan rings is 1. The van der Waals surface area contributed by atoms with Crippen molar-refractivity contribution < 1.29 is 23.4 Å². The first-order valence-corrected chi connectivity index (χ1v) is 7.78. The Hall–Kier alpha value is -3.48. The molecule has 0 unspecified atom stereocenters. The van der Waals surface area contributed by atoms with Gasteiger partial charge in [0.2, 0.25) is 0 Å². The van der Waals surface area contributed by atoms with Gasteiger partial charge in [-0.25, -0.2) is 5.43 Å². The van der Waals surface area contributed by atoms with Gasteiger partial charge in [0, 0.05) is 17.5 Å². The van der Waals surface area contributed by atoms with Gasteiger partial charge in [0.25, 0.3) is 0 Å². The van der Waals surface area contributed by atoms with Crippen molar-refractivity contribution in [2.45, 2.75) is 0 Å². The zero-order chi connectivity index (χ0) is 18.5. The maximum atomic E-state index is 12.2. The Morgan fingerprint density at radius 3 is 2.35 bits per heavy atom. The molecule has 0 aliphatic carbocycles. The summed E-state index contributed by atoms with van der Waals surface area (Å²) in [5.41, 5.74) is 3.64. The first kappa shape index (κ1) is 17.3. The molecule has 1 N–H and O–H groups in total. The molecule has 0 radical (unpaired) electrons. The van der Waals surface area contributed by atoms with Crippen LogP contribution in [0.3, 0.4) is 0 Å². The molecule has 0 saturated carbocycles. The number of carbonyl (C=O) groups is 1. The number of fused-ring (bicyclic) bond motifs is 1. The van der Waals surface area contributed by atoms with Gasteiger partial charge >= 0.3 is 5.91 Å². The van der Waals surface area contributed by atoms with Crippen LogP contribution in [0.25, 0.3) is 11.0 Å². The third kappa shape index (κ3) is 3.46. The highest BCUT2D eigenvalue weighted by Gasteiger charge is 2.13. The average molecular weight is 354 g/mol. The molecule has 1 heterocycles. The van der Waals surface area contributed by atoms with Crippen molar-refractivity contribution in [2.24, 2.45) is 5.10 Å². The van der Waals surface area contributed by atoms with Gasteiger partial charge in [0.05, 0.1) is 33.1 Å². The highest BCUT2D eigenvalue weighted by Crippen LogP contribution is 2.32. The summed E-state index contributed by atoms with van der Waals surface area (Å²) in [6, 6.07) is 12.4. The Labute approximate surface area is 150 Å². The van der Waals surface area contributed by atoms with Crippen LogP contribution >= 0.6 is 0 Å². The lowest BCUT2D eigenvalue weighted by Crippen LogP contribution is -2.16. The zero-order valence-corrected chi connectivity index (χ0v) is 14.6. The van der Waals surface area contributed by atoms with E-state index in [1.54, 1.807) is 31.4 Å². The molecular weight excluding hydrogens is 336 g/mol. The fraction of sp³-hybridized carbons (Fsp3) is 0.158. The molecule has 3 aromatic rings. The van der Waals surface area contributed by atoms with Crippen molar-refractivity contribution in [3.8, 4) is 17.2 Å². The first-order valence-electron chi connectivity index (χ1n) is 7.78. The lowest BCUT2D eigenvalue weighted by Gasteiger charge is -2.12. The van der Waals surface area contributed by atoms with Crippen molar-refractivity contribution in [2.75, 3.05) is 21.3 Å². The van der Waals surface area contributed by atoms with Gasteiger partial charge < -0.3 is 18.6 Å². The van der Waals surface area contributed by atoms with Crippen LogP contribution < -0.4 is 19.6 Å². The zero-order valence-electron chi connectivity index (χ0n) is 14.6. The number of para-hydroxylation sites is 1. The molecule has 0 saturated heterocycles. The Bertz CT molecular complexity index is 903. The number of methoxy groups -OCH3 is 3. The van der Waals surface area contributed by atoms with Crippen LogP contribution in [0.5, 0.6) is 17.2 Å². The SMILES string of the molecule is COc1cc(OC)c(C=NNC(=O)c2cc3ccccc3o2)c(OC)c1. The number of hydrogen-bond donors (Lipinski definition) is 1. The van der Waals surface area contributed by atoms with Crippen molar-refractivity contribution >= 4 is 23.1 Å². The molecule has 3 rings (SSSR count). The molecule has 0 bridgehead atoms. The molecule has 134 valence electrons. The van der Waals surface area contributed by atoms with Gasteiger partial charge in [-0.15, -0.1) is 0 Å². The largest absolute Gasteiger partial charge is 0.496 e. The number of benzene rings is 2. The maximum absolute atomic E-state index is 12.2. The number of hydrazone groups is 1. The van der Waals surface area contributed by atoms with Crippen LogP contribution in [0.1, 0.15) is 16.1 Å². The second-order valence-electron chi connectivity index (χ2n) is 5.29. The number of ether oxygens (including phenoxy) is 3. The van der Waals surface area contributed by atoms with Crippen LogP contribution in [-0.4, -0.2) is 33.5 Å². The molecule has 7 nitrogen and oxygen atoms in total. The number of carbonyl (C=O) groups excluding carboxylic acids is 1. The second kappa shape index (κ2) is 7.60. The maximum Gasteiger partial charge on any atom is 0.307 e. The summed E-state index contributed by atoms with van der Waals surface area (Å²) < 4.78 is 21.4. The topological polar surface area (TPSA) is 82.3 Å². The van der Waals surface area contributed by atoms with E-state index in [0.717, 1.165) is 5.39 Å². The third-order valence-electron chi connectivity index (χ3n) is 3.76. The minimum atomic E-state index is -0.455. The van der Waals surface area contributed by atoms with Gasteiger partial charge in [0.15, 0.2) is 5.76 Å². The molecule has 1 amide bonds. The van der Waals surface area contributed by atoms with Crippen LogP contribution in [0.2, 0.25) is 0 Å². The average Bonchev–Trinajstić information content (AvgIpc) is 3.12. The Kier molecular flexibility index (Phi) is 5.07. The van der Waals surface area contributed by atoms with E-state index >= 15 is 0 Å². The van der Waals surface area contributed by atoms with Crippen LogP contribution in [0, 0.1) is 0 Å². The van der Waals surface area contributed by atoms with Gasteiger partial charge in [-0.2, -0.15) is 5.10 Å². The number of hydrogen-bond acceptors (Lipinski definition) is 6.